The molecule has 0 fully saturated rings. The molecule has 0 amide bonds. The minimum absolute atomic E-state index is 0.120. The number of anilines is 1. The van der Waals surface area contributed by atoms with Gasteiger partial charge in [-0.2, -0.15) is 4.31 Å². The number of nitrogens with zero attached hydrogens (tertiary/aromatic N) is 4. The number of hydrogen-bond acceptors (Lipinski definition) is 6. The Hall–Kier alpha value is -2.66. The van der Waals surface area contributed by atoms with Gasteiger partial charge in [0.05, 0.1) is 18.1 Å². The van der Waals surface area contributed by atoms with Crippen molar-refractivity contribution in [2.75, 3.05) is 17.6 Å². The van der Waals surface area contributed by atoms with Crippen molar-refractivity contribution in [1.29, 1.82) is 0 Å². The molecule has 2 N–H and O–H groups in total. The number of rotatable bonds is 9. The molecule has 0 bridgehead atoms. The standard InChI is InChI=1S/C23H32F2N6O2S/c1-7-8-31(14(2)3)34(32,33)13-19(23(4,5)6)29-22-18(25)12-28-21(30-22)17-11-27-20-16(17)9-15(24)10-26-20/h9-12,14,19H,7-8,13H2,1-6H3,(H,26,27)(H,28,29,30). The molecular weight excluding hydrogens is 462 g/mol. The summed E-state index contributed by atoms with van der Waals surface area (Å²) in [6.45, 7) is 11.7. The minimum atomic E-state index is -3.64. The highest BCUT2D eigenvalue weighted by Gasteiger charge is 2.34. The molecule has 8 nitrogen and oxygen atoms in total. The summed E-state index contributed by atoms with van der Waals surface area (Å²) in [5, 5.41) is 3.47. The first-order valence-corrected chi connectivity index (χ1v) is 12.9. The Morgan fingerprint density at radius 3 is 2.50 bits per heavy atom. The number of aromatic amines is 1. The molecule has 186 valence electrons. The highest BCUT2D eigenvalue weighted by Crippen LogP contribution is 2.29. The van der Waals surface area contributed by atoms with Gasteiger partial charge in [-0.25, -0.2) is 32.2 Å². The first-order valence-electron chi connectivity index (χ1n) is 11.2. The lowest BCUT2D eigenvalue weighted by Gasteiger charge is -2.34. The predicted octanol–water partition coefficient (Wildman–Crippen LogP) is 4.57. The Morgan fingerprint density at radius 2 is 1.88 bits per heavy atom. The third-order valence-electron chi connectivity index (χ3n) is 5.59. The van der Waals surface area contributed by atoms with Gasteiger partial charge in [-0.3, -0.25) is 0 Å². The van der Waals surface area contributed by atoms with Gasteiger partial charge in [0.25, 0.3) is 0 Å². The van der Waals surface area contributed by atoms with Crippen LogP contribution < -0.4 is 5.32 Å². The third kappa shape index (κ3) is 5.69. The van der Waals surface area contributed by atoms with Crippen LogP contribution in [0.4, 0.5) is 14.6 Å². The van der Waals surface area contributed by atoms with Gasteiger partial charge >= 0.3 is 0 Å². The van der Waals surface area contributed by atoms with Gasteiger partial charge in [0.2, 0.25) is 10.0 Å². The Bertz CT molecular complexity index is 1250. The van der Waals surface area contributed by atoms with Gasteiger partial charge in [0.15, 0.2) is 17.5 Å². The summed E-state index contributed by atoms with van der Waals surface area (Å²) >= 11 is 0. The van der Waals surface area contributed by atoms with Crippen LogP contribution >= 0.6 is 0 Å². The third-order valence-corrected chi connectivity index (χ3v) is 7.67. The molecule has 1 unspecified atom stereocenters. The quantitative estimate of drug-likeness (QED) is 0.451. The molecular formula is C23H32F2N6O2S. The summed E-state index contributed by atoms with van der Waals surface area (Å²) in [5.74, 6) is -1.42. The highest BCUT2D eigenvalue weighted by atomic mass is 32.2. The number of pyridine rings is 1. The van der Waals surface area contributed by atoms with Gasteiger partial charge in [-0.05, 0) is 31.7 Å². The van der Waals surface area contributed by atoms with Crippen LogP contribution in [0.3, 0.4) is 0 Å². The van der Waals surface area contributed by atoms with Crippen molar-refractivity contribution in [3.05, 3.63) is 36.3 Å². The largest absolute Gasteiger partial charge is 0.363 e. The van der Waals surface area contributed by atoms with E-state index < -0.39 is 33.1 Å². The molecule has 3 aromatic heterocycles. The van der Waals surface area contributed by atoms with Crippen LogP contribution in [0.5, 0.6) is 0 Å². The molecule has 0 aliphatic rings. The number of fused-ring (bicyclic) bond motifs is 1. The Balaban J connectivity index is 1.97. The molecule has 0 saturated heterocycles. The van der Waals surface area contributed by atoms with E-state index in [1.165, 1.54) is 10.4 Å². The highest BCUT2D eigenvalue weighted by molar-refractivity contribution is 7.89. The summed E-state index contributed by atoms with van der Waals surface area (Å²) in [6.07, 6.45) is 4.37. The summed E-state index contributed by atoms with van der Waals surface area (Å²) in [5.41, 5.74) is 0.369. The van der Waals surface area contributed by atoms with Crippen molar-refractivity contribution < 1.29 is 17.2 Å². The number of sulfonamides is 1. The van der Waals surface area contributed by atoms with Crippen molar-refractivity contribution >= 4 is 26.9 Å². The molecule has 0 aliphatic carbocycles. The van der Waals surface area contributed by atoms with Gasteiger partial charge in [-0.15, -0.1) is 0 Å². The molecule has 0 radical (unpaired) electrons. The monoisotopic (exact) mass is 494 g/mol. The maximum atomic E-state index is 14.8. The first kappa shape index (κ1) is 26.0. The fourth-order valence-electron chi connectivity index (χ4n) is 3.68. The number of aromatic nitrogens is 4. The average molecular weight is 495 g/mol. The van der Waals surface area contributed by atoms with E-state index in [2.05, 4.69) is 25.3 Å². The van der Waals surface area contributed by atoms with E-state index in [9.17, 15) is 17.2 Å². The van der Waals surface area contributed by atoms with Crippen molar-refractivity contribution in [2.45, 2.75) is 60.0 Å². The van der Waals surface area contributed by atoms with Gasteiger partial charge in [0.1, 0.15) is 11.5 Å². The lowest BCUT2D eigenvalue weighted by molar-refractivity contribution is 0.330. The fourth-order valence-corrected chi connectivity index (χ4v) is 5.98. The number of H-pyrrole nitrogens is 1. The molecule has 3 heterocycles. The Morgan fingerprint density at radius 1 is 1.18 bits per heavy atom. The van der Waals surface area contributed by atoms with Crippen molar-refractivity contribution in [3.8, 4) is 11.4 Å². The Kier molecular flexibility index (Phi) is 7.56. The zero-order chi connectivity index (χ0) is 25.3. The van der Waals surface area contributed by atoms with E-state index in [4.69, 9.17) is 0 Å². The first-order chi connectivity index (χ1) is 15.8. The SMILES string of the molecule is CCCN(C(C)C)S(=O)(=O)CC(Nc1nc(-c2c[nH]c3ncc(F)cc23)ncc1F)C(C)(C)C. The van der Waals surface area contributed by atoms with Crippen molar-refractivity contribution in [3.63, 3.8) is 0 Å². The molecule has 3 rings (SSSR count). The van der Waals surface area contributed by atoms with E-state index in [0.29, 0.717) is 29.6 Å². The van der Waals surface area contributed by atoms with Crippen LogP contribution in [0.2, 0.25) is 0 Å². The normalized spacial score (nSPS) is 13.7. The molecule has 0 saturated carbocycles. The van der Waals surface area contributed by atoms with Gasteiger partial charge in [0, 0.05) is 35.8 Å². The van der Waals surface area contributed by atoms with Crippen LogP contribution in [-0.2, 0) is 10.0 Å². The van der Waals surface area contributed by atoms with Crippen LogP contribution in [0, 0.1) is 17.0 Å². The maximum Gasteiger partial charge on any atom is 0.216 e. The van der Waals surface area contributed by atoms with Crippen LogP contribution in [0.25, 0.3) is 22.4 Å². The summed E-state index contributed by atoms with van der Waals surface area (Å²) in [7, 11) is -3.64. The maximum absolute atomic E-state index is 14.8. The van der Waals surface area contributed by atoms with E-state index in [1.807, 2.05) is 41.5 Å². The van der Waals surface area contributed by atoms with E-state index in [0.717, 1.165) is 12.4 Å². The minimum Gasteiger partial charge on any atom is -0.363 e. The fraction of sp³-hybridized carbons (Fsp3) is 0.522. The van der Waals surface area contributed by atoms with Crippen LogP contribution in [0.15, 0.2) is 24.7 Å². The second-order valence-corrected chi connectivity index (χ2v) is 11.7. The van der Waals surface area contributed by atoms with Gasteiger partial charge < -0.3 is 10.3 Å². The second kappa shape index (κ2) is 9.91. The molecule has 1 atom stereocenters. The van der Waals surface area contributed by atoms with Crippen molar-refractivity contribution in [1.82, 2.24) is 24.2 Å². The lowest BCUT2D eigenvalue weighted by Crippen LogP contribution is -2.47. The number of hydrogen-bond donors (Lipinski definition) is 2. The zero-order valence-electron chi connectivity index (χ0n) is 20.4. The summed E-state index contributed by atoms with van der Waals surface area (Å²) in [4.78, 5) is 15.3. The second-order valence-electron chi connectivity index (χ2n) is 9.69. The van der Waals surface area contributed by atoms with E-state index in [1.54, 1.807) is 6.20 Å². The topological polar surface area (TPSA) is 104 Å². The molecule has 0 spiro atoms. The summed E-state index contributed by atoms with van der Waals surface area (Å²) < 4.78 is 56.4. The molecule has 34 heavy (non-hydrogen) atoms. The van der Waals surface area contributed by atoms with Gasteiger partial charge in [-0.1, -0.05) is 27.7 Å². The van der Waals surface area contributed by atoms with Crippen LogP contribution in [-0.4, -0.2) is 57.0 Å². The summed E-state index contributed by atoms with van der Waals surface area (Å²) in [6, 6.07) is 0.464. The molecule has 3 aromatic rings. The number of halogens is 2. The van der Waals surface area contributed by atoms with Crippen molar-refractivity contribution in [2.24, 2.45) is 5.41 Å². The average Bonchev–Trinajstić information content (AvgIpc) is 3.14. The van der Waals surface area contributed by atoms with E-state index >= 15 is 0 Å². The molecule has 11 heteroatoms. The van der Waals surface area contributed by atoms with Crippen LogP contribution in [0.1, 0.15) is 48.0 Å². The molecule has 0 aliphatic heterocycles. The lowest BCUT2D eigenvalue weighted by atomic mass is 9.88. The Labute approximate surface area is 199 Å². The predicted molar refractivity (Wildman–Crippen MR) is 130 cm³/mol. The van der Waals surface area contributed by atoms with E-state index in [-0.39, 0.29) is 23.4 Å². The number of nitrogens with one attached hydrogen (secondary N) is 2. The smallest absolute Gasteiger partial charge is 0.216 e. The zero-order valence-corrected chi connectivity index (χ0v) is 21.2. The molecule has 0 aromatic carbocycles.